The van der Waals surface area contributed by atoms with E-state index in [2.05, 4.69) is 20.5 Å². The Hall–Kier alpha value is -2.86. The number of anilines is 4. The van der Waals surface area contributed by atoms with Crippen LogP contribution in [0.4, 0.5) is 22.9 Å². The first-order valence-electron chi connectivity index (χ1n) is 7.93. The van der Waals surface area contributed by atoms with Crippen LogP contribution in [0.15, 0.2) is 60.1 Å². The quantitative estimate of drug-likeness (QED) is 0.700. The molecule has 0 spiro atoms. The summed E-state index contributed by atoms with van der Waals surface area (Å²) in [6.45, 7) is 0. The summed E-state index contributed by atoms with van der Waals surface area (Å²) in [4.78, 5) is 19.4. The molecule has 0 aliphatic rings. The van der Waals surface area contributed by atoms with E-state index in [1.807, 2.05) is 68.0 Å². The van der Waals surface area contributed by atoms with Crippen LogP contribution in [0, 0.1) is 0 Å². The Morgan fingerprint density at radius 1 is 1.08 bits per heavy atom. The van der Waals surface area contributed by atoms with Crippen molar-refractivity contribution in [1.82, 2.24) is 4.98 Å². The zero-order valence-electron chi connectivity index (χ0n) is 14.2. The Morgan fingerprint density at radius 3 is 2.44 bits per heavy atom. The summed E-state index contributed by atoms with van der Waals surface area (Å²) in [5, 5.41) is 8.08. The lowest BCUT2D eigenvalue weighted by atomic mass is 10.2. The van der Waals surface area contributed by atoms with Crippen LogP contribution in [0.25, 0.3) is 0 Å². The number of aromatic nitrogens is 1. The van der Waals surface area contributed by atoms with Gasteiger partial charge in [-0.1, -0.05) is 6.07 Å². The van der Waals surface area contributed by atoms with Crippen LogP contribution in [-0.2, 0) is 11.2 Å². The molecule has 2 N–H and O–H groups in total. The van der Waals surface area contributed by atoms with Crippen molar-refractivity contribution < 1.29 is 4.79 Å². The maximum atomic E-state index is 12.0. The van der Waals surface area contributed by atoms with E-state index in [-0.39, 0.29) is 5.91 Å². The van der Waals surface area contributed by atoms with Crippen LogP contribution in [-0.4, -0.2) is 25.0 Å². The van der Waals surface area contributed by atoms with E-state index in [0.29, 0.717) is 12.1 Å². The maximum Gasteiger partial charge on any atom is 0.229 e. The zero-order chi connectivity index (χ0) is 17.6. The lowest BCUT2D eigenvalue weighted by Gasteiger charge is -2.13. The third-order valence-corrected chi connectivity index (χ3v) is 4.49. The van der Waals surface area contributed by atoms with E-state index >= 15 is 0 Å². The molecule has 128 valence electrons. The van der Waals surface area contributed by atoms with Gasteiger partial charge < -0.3 is 15.5 Å². The number of carbonyl (C=O) groups is 1. The minimum absolute atomic E-state index is 0.0377. The van der Waals surface area contributed by atoms with Gasteiger partial charge in [0, 0.05) is 30.3 Å². The summed E-state index contributed by atoms with van der Waals surface area (Å²) >= 11 is 1.58. The van der Waals surface area contributed by atoms with Crippen molar-refractivity contribution in [3.8, 4) is 0 Å². The van der Waals surface area contributed by atoms with Gasteiger partial charge in [-0.3, -0.25) is 4.79 Å². The molecule has 0 radical (unpaired) electrons. The first-order chi connectivity index (χ1) is 12.1. The topological polar surface area (TPSA) is 57.3 Å². The minimum Gasteiger partial charge on any atom is -0.378 e. The van der Waals surface area contributed by atoms with Crippen molar-refractivity contribution in [2.75, 3.05) is 29.6 Å². The first kappa shape index (κ1) is 17.0. The van der Waals surface area contributed by atoms with E-state index in [0.717, 1.165) is 22.1 Å². The van der Waals surface area contributed by atoms with E-state index in [1.54, 1.807) is 17.5 Å². The number of amides is 1. The maximum absolute atomic E-state index is 12.0. The molecule has 0 aliphatic heterocycles. The van der Waals surface area contributed by atoms with Gasteiger partial charge in [0.1, 0.15) is 5.82 Å². The Kier molecular flexibility index (Phi) is 5.30. The molecule has 6 heteroatoms. The smallest absolute Gasteiger partial charge is 0.229 e. The Morgan fingerprint density at radius 2 is 1.84 bits per heavy atom. The average Bonchev–Trinajstić information content (AvgIpc) is 3.10. The first-order valence-corrected chi connectivity index (χ1v) is 8.81. The molecule has 1 aromatic carbocycles. The summed E-state index contributed by atoms with van der Waals surface area (Å²) in [7, 11) is 4.02. The number of rotatable bonds is 6. The minimum atomic E-state index is -0.0377. The molecule has 0 bridgehead atoms. The normalized spacial score (nSPS) is 10.3. The number of nitrogens with zero attached hydrogens (tertiary/aromatic N) is 2. The Labute approximate surface area is 151 Å². The van der Waals surface area contributed by atoms with Crippen molar-refractivity contribution in [3.63, 3.8) is 0 Å². The van der Waals surface area contributed by atoms with Crippen LogP contribution in [0.2, 0.25) is 0 Å². The van der Waals surface area contributed by atoms with E-state index in [4.69, 9.17) is 0 Å². The van der Waals surface area contributed by atoms with Gasteiger partial charge in [-0.05, 0) is 47.8 Å². The van der Waals surface area contributed by atoms with Crippen LogP contribution in [0.3, 0.4) is 0 Å². The third-order valence-electron chi connectivity index (χ3n) is 3.62. The molecule has 0 saturated heterocycles. The Balaban J connectivity index is 1.57. The van der Waals surface area contributed by atoms with Gasteiger partial charge in [-0.25, -0.2) is 4.98 Å². The predicted molar refractivity (Wildman–Crippen MR) is 105 cm³/mol. The lowest BCUT2D eigenvalue weighted by molar-refractivity contribution is -0.115. The zero-order valence-corrected chi connectivity index (χ0v) is 15.0. The van der Waals surface area contributed by atoms with Crippen molar-refractivity contribution >= 4 is 40.1 Å². The van der Waals surface area contributed by atoms with Gasteiger partial charge in [-0.2, -0.15) is 0 Å². The molecule has 0 atom stereocenters. The molecule has 0 saturated carbocycles. The van der Waals surface area contributed by atoms with Crippen LogP contribution in [0.5, 0.6) is 0 Å². The van der Waals surface area contributed by atoms with Gasteiger partial charge >= 0.3 is 0 Å². The molecule has 0 unspecified atom stereocenters. The fraction of sp³-hybridized carbons (Fsp3) is 0.158. The van der Waals surface area contributed by atoms with Crippen molar-refractivity contribution in [2.45, 2.75) is 6.42 Å². The highest BCUT2D eigenvalue weighted by molar-refractivity contribution is 7.10. The molecule has 3 rings (SSSR count). The molecule has 1 amide bonds. The molecular formula is C19H20N4OS. The lowest BCUT2D eigenvalue weighted by Crippen LogP contribution is -2.13. The largest absolute Gasteiger partial charge is 0.378 e. The molecule has 3 aromatic rings. The fourth-order valence-corrected chi connectivity index (χ4v) is 3.01. The highest BCUT2D eigenvalue weighted by Crippen LogP contribution is 2.20. The van der Waals surface area contributed by atoms with E-state index < -0.39 is 0 Å². The molecule has 2 heterocycles. The number of benzene rings is 1. The second-order valence-electron chi connectivity index (χ2n) is 5.80. The van der Waals surface area contributed by atoms with Crippen LogP contribution in [0.1, 0.15) is 4.88 Å². The van der Waals surface area contributed by atoms with E-state index in [9.17, 15) is 4.79 Å². The highest BCUT2D eigenvalue weighted by Gasteiger charge is 2.05. The van der Waals surface area contributed by atoms with Gasteiger partial charge in [-0.15, -0.1) is 11.3 Å². The second-order valence-corrected chi connectivity index (χ2v) is 6.83. The van der Waals surface area contributed by atoms with Gasteiger partial charge in [0.2, 0.25) is 5.91 Å². The molecule has 0 fully saturated rings. The number of pyridine rings is 1. The fourth-order valence-electron chi connectivity index (χ4n) is 2.31. The summed E-state index contributed by atoms with van der Waals surface area (Å²) in [6.07, 6.45) is 2.04. The summed E-state index contributed by atoms with van der Waals surface area (Å²) in [5.41, 5.74) is 2.80. The highest BCUT2D eigenvalue weighted by atomic mass is 32.1. The standard InChI is InChI=1S/C19H20N4OS/c1-23(2)16-8-5-14(6-9-16)21-18-10-7-15(13-20-18)22-19(24)12-17-4-3-11-25-17/h3-11,13H,12H2,1-2H3,(H,20,21)(H,22,24). The number of nitrogens with one attached hydrogen (secondary N) is 2. The van der Waals surface area contributed by atoms with Crippen molar-refractivity contribution in [3.05, 3.63) is 65.0 Å². The van der Waals surface area contributed by atoms with E-state index in [1.165, 1.54) is 0 Å². The number of thiophene rings is 1. The molecule has 5 nitrogen and oxygen atoms in total. The monoisotopic (exact) mass is 352 g/mol. The Bertz CT molecular complexity index is 812. The second kappa shape index (κ2) is 7.81. The number of hydrogen-bond donors (Lipinski definition) is 2. The number of carbonyl (C=O) groups excluding carboxylic acids is 1. The third kappa shape index (κ3) is 4.81. The summed E-state index contributed by atoms with van der Waals surface area (Å²) in [6, 6.07) is 15.7. The van der Waals surface area contributed by atoms with Gasteiger partial charge in [0.25, 0.3) is 0 Å². The van der Waals surface area contributed by atoms with Gasteiger partial charge in [0.15, 0.2) is 0 Å². The molecule has 25 heavy (non-hydrogen) atoms. The SMILES string of the molecule is CN(C)c1ccc(Nc2ccc(NC(=O)Cc3cccs3)cn2)cc1. The predicted octanol–water partition coefficient (Wildman–Crippen LogP) is 4.13. The average molecular weight is 352 g/mol. The summed E-state index contributed by atoms with van der Waals surface area (Å²) < 4.78 is 0. The summed E-state index contributed by atoms with van der Waals surface area (Å²) in [5.74, 6) is 0.693. The molecule has 0 aliphatic carbocycles. The van der Waals surface area contributed by atoms with Crippen molar-refractivity contribution in [2.24, 2.45) is 0 Å². The van der Waals surface area contributed by atoms with Gasteiger partial charge in [0.05, 0.1) is 18.3 Å². The van der Waals surface area contributed by atoms with Crippen LogP contribution < -0.4 is 15.5 Å². The van der Waals surface area contributed by atoms with Crippen LogP contribution >= 0.6 is 11.3 Å². The molecular weight excluding hydrogens is 332 g/mol. The number of hydrogen-bond acceptors (Lipinski definition) is 5. The molecule has 2 aromatic heterocycles. The van der Waals surface area contributed by atoms with Crippen molar-refractivity contribution in [1.29, 1.82) is 0 Å².